The Morgan fingerprint density at radius 3 is 2.47 bits per heavy atom. The predicted molar refractivity (Wildman–Crippen MR) is 73.8 cm³/mol. The lowest BCUT2D eigenvalue weighted by molar-refractivity contribution is 0.612. The second-order valence-corrected chi connectivity index (χ2v) is 6.32. The second kappa shape index (κ2) is 10.8. The fraction of sp³-hybridized carbons (Fsp3) is 1.00. The summed E-state index contributed by atoms with van der Waals surface area (Å²) in [6.07, 6.45) is 5.37. The summed E-state index contributed by atoms with van der Waals surface area (Å²) in [4.78, 5) is 0. The highest BCUT2D eigenvalue weighted by Gasteiger charge is 2.02. The smallest absolute Gasteiger partial charge is 0.0144 e. The summed E-state index contributed by atoms with van der Waals surface area (Å²) in [6, 6.07) is 0. The highest BCUT2D eigenvalue weighted by Crippen LogP contribution is 2.13. The fourth-order valence-corrected chi connectivity index (χ4v) is 2.61. The SMILES string of the molecule is CCCCCNCC(C)SCCC(C)C. The molecule has 0 aliphatic heterocycles. The third-order valence-electron chi connectivity index (χ3n) is 2.49. The van der Waals surface area contributed by atoms with Crippen LogP contribution in [-0.4, -0.2) is 24.1 Å². The van der Waals surface area contributed by atoms with Gasteiger partial charge in [0.1, 0.15) is 0 Å². The molecule has 1 unspecified atom stereocenters. The first-order valence-electron chi connectivity index (χ1n) is 6.49. The first-order valence-corrected chi connectivity index (χ1v) is 7.54. The Morgan fingerprint density at radius 1 is 1.13 bits per heavy atom. The minimum absolute atomic E-state index is 0.769. The van der Waals surface area contributed by atoms with Gasteiger partial charge in [0, 0.05) is 11.8 Å². The van der Waals surface area contributed by atoms with E-state index < -0.39 is 0 Å². The van der Waals surface area contributed by atoms with Crippen molar-refractivity contribution >= 4 is 11.8 Å². The van der Waals surface area contributed by atoms with Crippen LogP contribution in [-0.2, 0) is 0 Å². The molecule has 0 rings (SSSR count). The molecule has 0 aliphatic carbocycles. The molecule has 15 heavy (non-hydrogen) atoms. The van der Waals surface area contributed by atoms with Crippen molar-refractivity contribution in [2.45, 2.75) is 58.6 Å². The Balaban J connectivity index is 3.15. The summed E-state index contributed by atoms with van der Waals surface area (Å²) >= 11 is 2.11. The number of nitrogens with one attached hydrogen (secondary N) is 1. The Labute approximate surface area is 101 Å². The van der Waals surface area contributed by atoms with Gasteiger partial charge in [0.05, 0.1) is 0 Å². The van der Waals surface area contributed by atoms with Gasteiger partial charge in [-0.05, 0) is 31.1 Å². The minimum Gasteiger partial charge on any atom is -0.316 e. The molecule has 2 heteroatoms. The molecule has 0 aliphatic rings. The van der Waals surface area contributed by atoms with Crippen molar-refractivity contribution in [1.29, 1.82) is 0 Å². The standard InChI is InChI=1S/C13H29NS/c1-5-6-7-9-14-11-13(4)15-10-8-12(2)3/h12-14H,5-11H2,1-4H3. The summed E-state index contributed by atoms with van der Waals surface area (Å²) in [5.74, 6) is 2.16. The molecule has 1 N–H and O–H groups in total. The van der Waals surface area contributed by atoms with E-state index in [-0.39, 0.29) is 0 Å². The molecule has 0 aromatic carbocycles. The second-order valence-electron chi connectivity index (χ2n) is 4.78. The Kier molecular flexibility index (Phi) is 11.0. The summed E-state index contributed by atoms with van der Waals surface area (Å²) in [5, 5.41) is 4.31. The predicted octanol–water partition coefficient (Wildman–Crippen LogP) is 3.93. The van der Waals surface area contributed by atoms with Crippen LogP contribution in [0.25, 0.3) is 0 Å². The van der Waals surface area contributed by atoms with Crippen molar-refractivity contribution in [3.05, 3.63) is 0 Å². The van der Waals surface area contributed by atoms with E-state index in [1.807, 2.05) is 0 Å². The topological polar surface area (TPSA) is 12.0 Å². The fourth-order valence-electron chi connectivity index (χ4n) is 1.37. The Morgan fingerprint density at radius 2 is 1.87 bits per heavy atom. The molecule has 0 aromatic rings. The highest BCUT2D eigenvalue weighted by atomic mass is 32.2. The van der Waals surface area contributed by atoms with Gasteiger partial charge in [-0.1, -0.05) is 40.5 Å². The third-order valence-corrected chi connectivity index (χ3v) is 3.69. The number of thioether (sulfide) groups is 1. The lowest BCUT2D eigenvalue weighted by Crippen LogP contribution is -2.24. The Hall–Kier alpha value is 0.310. The zero-order valence-electron chi connectivity index (χ0n) is 11.0. The molecule has 0 saturated carbocycles. The average Bonchev–Trinajstić information content (AvgIpc) is 2.17. The summed E-state index contributed by atoms with van der Waals surface area (Å²) in [6.45, 7) is 11.6. The molecule has 0 bridgehead atoms. The monoisotopic (exact) mass is 231 g/mol. The van der Waals surface area contributed by atoms with Gasteiger partial charge < -0.3 is 5.32 Å². The van der Waals surface area contributed by atoms with Crippen molar-refractivity contribution in [2.24, 2.45) is 5.92 Å². The van der Waals surface area contributed by atoms with E-state index in [0.29, 0.717) is 0 Å². The molecular formula is C13H29NS. The maximum Gasteiger partial charge on any atom is 0.0144 e. The van der Waals surface area contributed by atoms with Crippen LogP contribution in [0.1, 0.15) is 53.4 Å². The molecule has 0 spiro atoms. The number of unbranched alkanes of at least 4 members (excludes halogenated alkanes) is 2. The number of hydrogen-bond donors (Lipinski definition) is 1. The van der Waals surface area contributed by atoms with Crippen LogP contribution in [0.3, 0.4) is 0 Å². The summed E-state index contributed by atoms with van der Waals surface area (Å²) in [7, 11) is 0. The molecule has 92 valence electrons. The van der Waals surface area contributed by atoms with E-state index in [9.17, 15) is 0 Å². The van der Waals surface area contributed by atoms with Crippen molar-refractivity contribution < 1.29 is 0 Å². The first-order chi connectivity index (χ1) is 7.16. The first kappa shape index (κ1) is 15.3. The van der Waals surface area contributed by atoms with Gasteiger partial charge in [0.2, 0.25) is 0 Å². The number of rotatable bonds is 10. The zero-order valence-corrected chi connectivity index (χ0v) is 11.8. The van der Waals surface area contributed by atoms with E-state index in [4.69, 9.17) is 0 Å². The lowest BCUT2D eigenvalue weighted by atomic mass is 10.2. The van der Waals surface area contributed by atoms with Crippen LogP contribution in [0.4, 0.5) is 0 Å². The summed E-state index contributed by atoms with van der Waals surface area (Å²) < 4.78 is 0. The largest absolute Gasteiger partial charge is 0.316 e. The Bertz CT molecular complexity index is 126. The zero-order chi connectivity index (χ0) is 11.5. The highest BCUT2D eigenvalue weighted by molar-refractivity contribution is 7.99. The van der Waals surface area contributed by atoms with Gasteiger partial charge in [-0.3, -0.25) is 0 Å². The van der Waals surface area contributed by atoms with E-state index in [1.54, 1.807) is 0 Å². The molecule has 0 amide bonds. The van der Waals surface area contributed by atoms with Gasteiger partial charge in [-0.15, -0.1) is 0 Å². The van der Waals surface area contributed by atoms with Crippen LogP contribution in [0, 0.1) is 5.92 Å². The quantitative estimate of drug-likeness (QED) is 0.572. The van der Waals surface area contributed by atoms with E-state index in [2.05, 4.69) is 44.8 Å². The van der Waals surface area contributed by atoms with Crippen molar-refractivity contribution in [1.82, 2.24) is 5.32 Å². The minimum atomic E-state index is 0.769. The molecular weight excluding hydrogens is 202 g/mol. The van der Waals surface area contributed by atoms with Gasteiger partial charge >= 0.3 is 0 Å². The average molecular weight is 231 g/mol. The normalized spacial score (nSPS) is 13.4. The molecule has 0 aromatic heterocycles. The van der Waals surface area contributed by atoms with Crippen molar-refractivity contribution in [3.63, 3.8) is 0 Å². The van der Waals surface area contributed by atoms with Gasteiger partial charge in [0.25, 0.3) is 0 Å². The van der Waals surface area contributed by atoms with Crippen LogP contribution in [0.2, 0.25) is 0 Å². The van der Waals surface area contributed by atoms with E-state index >= 15 is 0 Å². The van der Waals surface area contributed by atoms with E-state index in [1.165, 1.54) is 44.5 Å². The van der Waals surface area contributed by atoms with Crippen LogP contribution < -0.4 is 5.32 Å². The van der Waals surface area contributed by atoms with Crippen molar-refractivity contribution in [3.8, 4) is 0 Å². The molecule has 0 fully saturated rings. The van der Waals surface area contributed by atoms with Crippen LogP contribution in [0.5, 0.6) is 0 Å². The maximum absolute atomic E-state index is 3.54. The molecule has 0 saturated heterocycles. The maximum atomic E-state index is 3.54. The molecule has 0 heterocycles. The third kappa shape index (κ3) is 12.2. The van der Waals surface area contributed by atoms with Gasteiger partial charge in [0.15, 0.2) is 0 Å². The van der Waals surface area contributed by atoms with Crippen molar-refractivity contribution in [2.75, 3.05) is 18.8 Å². The molecule has 1 atom stereocenters. The van der Waals surface area contributed by atoms with Gasteiger partial charge in [-0.2, -0.15) is 11.8 Å². The number of hydrogen-bond acceptors (Lipinski definition) is 2. The lowest BCUT2D eigenvalue weighted by Gasteiger charge is -2.13. The molecule has 0 radical (unpaired) electrons. The molecule has 1 nitrogen and oxygen atoms in total. The van der Waals surface area contributed by atoms with E-state index in [0.717, 1.165) is 11.2 Å². The van der Waals surface area contributed by atoms with Crippen LogP contribution >= 0.6 is 11.8 Å². The van der Waals surface area contributed by atoms with Gasteiger partial charge in [-0.25, -0.2) is 0 Å². The summed E-state index contributed by atoms with van der Waals surface area (Å²) in [5.41, 5.74) is 0. The van der Waals surface area contributed by atoms with Crippen LogP contribution in [0.15, 0.2) is 0 Å².